The molecule has 0 bridgehead atoms. The molecule has 8 heteroatoms. The fourth-order valence-electron chi connectivity index (χ4n) is 1.80. The Morgan fingerprint density at radius 1 is 1.45 bits per heavy atom. The first-order valence-corrected chi connectivity index (χ1v) is 8.03. The largest absolute Gasteiger partial charge is 0.398 e. The molecule has 0 aliphatic heterocycles. The molecule has 0 aliphatic rings. The molecular weight excluding hydrogens is 344 g/mol. The average molecular weight is 359 g/mol. The van der Waals surface area contributed by atoms with Crippen LogP contribution in [0, 0.1) is 0 Å². The second-order valence-electron chi connectivity index (χ2n) is 4.47. The first-order chi connectivity index (χ1) is 9.30. The van der Waals surface area contributed by atoms with Gasteiger partial charge < -0.3 is 5.73 Å². The van der Waals surface area contributed by atoms with Crippen molar-refractivity contribution < 1.29 is 8.42 Å². The van der Waals surface area contributed by atoms with Crippen LogP contribution in [0.25, 0.3) is 0 Å². The lowest BCUT2D eigenvalue weighted by molar-refractivity contribution is 0.467. The Hall–Kier alpha value is -1.38. The molecule has 0 unspecified atom stereocenters. The number of benzene rings is 1. The number of aryl methyl sites for hydroxylation is 1. The summed E-state index contributed by atoms with van der Waals surface area (Å²) in [5.74, 6) is 0. The van der Waals surface area contributed by atoms with Gasteiger partial charge in [-0.15, -0.1) is 0 Å². The Morgan fingerprint density at radius 2 is 2.15 bits per heavy atom. The molecule has 0 saturated heterocycles. The third kappa shape index (κ3) is 3.02. The summed E-state index contributed by atoms with van der Waals surface area (Å²) in [6, 6.07) is 4.77. The minimum absolute atomic E-state index is 0.0956. The van der Waals surface area contributed by atoms with Gasteiger partial charge in [-0.3, -0.25) is 4.68 Å². The van der Waals surface area contributed by atoms with Crippen molar-refractivity contribution >= 4 is 31.6 Å². The lowest BCUT2D eigenvalue weighted by Crippen LogP contribution is -2.27. The average Bonchev–Trinajstić information content (AvgIpc) is 2.77. The third-order valence-corrected chi connectivity index (χ3v) is 5.18. The predicted molar refractivity (Wildman–Crippen MR) is 80.4 cm³/mol. The number of nitrogens with zero attached hydrogens (tertiary/aromatic N) is 3. The molecule has 0 spiro atoms. The van der Waals surface area contributed by atoms with Crippen molar-refractivity contribution in [2.24, 2.45) is 7.05 Å². The molecule has 0 aliphatic carbocycles. The summed E-state index contributed by atoms with van der Waals surface area (Å²) >= 11 is 3.26. The number of halogens is 1. The molecule has 2 N–H and O–H groups in total. The lowest BCUT2D eigenvalue weighted by atomic mass is 10.3. The molecule has 0 atom stereocenters. The predicted octanol–water partition coefficient (Wildman–Crippen LogP) is 1.59. The fourth-order valence-corrected chi connectivity index (χ4v) is 3.60. The number of anilines is 1. The standard InChI is InChI=1S/C12H15BrN4O2S/c1-16-7-9(6-15-16)8-17(2)20(18,19)12-5-10(13)3-4-11(12)14/h3-7H,8,14H2,1-2H3. The molecule has 2 rings (SSSR count). The van der Waals surface area contributed by atoms with Gasteiger partial charge in [0.2, 0.25) is 10.0 Å². The van der Waals surface area contributed by atoms with Gasteiger partial charge >= 0.3 is 0 Å². The normalized spacial score (nSPS) is 12.0. The molecule has 1 aromatic carbocycles. The molecule has 2 aromatic rings. The molecule has 0 amide bonds. The van der Waals surface area contributed by atoms with Crippen LogP contribution in [0.15, 0.2) is 40.0 Å². The molecular formula is C12H15BrN4O2S. The lowest BCUT2D eigenvalue weighted by Gasteiger charge is -2.17. The second-order valence-corrected chi connectivity index (χ2v) is 7.39. The monoisotopic (exact) mass is 358 g/mol. The van der Waals surface area contributed by atoms with Crippen LogP contribution in [0.3, 0.4) is 0 Å². The molecule has 1 aromatic heterocycles. The van der Waals surface area contributed by atoms with Crippen molar-refractivity contribution in [1.29, 1.82) is 0 Å². The Kier molecular flexibility index (Phi) is 4.17. The fraction of sp³-hybridized carbons (Fsp3) is 0.250. The van der Waals surface area contributed by atoms with E-state index in [9.17, 15) is 8.42 Å². The van der Waals surface area contributed by atoms with E-state index < -0.39 is 10.0 Å². The van der Waals surface area contributed by atoms with E-state index >= 15 is 0 Å². The minimum atomic E-state index is -3.64. The highest BCUT2D eigenvalue weighted by Crippen LogP contribution is 2.26. The zero-order valence-electron chi connectivity index (χ0n) is 11.1. The Morgan fingerprint density at radius 3 is 2.75 bits per heavy atom. The van der Waals surface area contributed by atoms with Crippen LogP contribution >= 0.6 is 15.9 Å². The van der Waals surface area contributed by atoms with Crippen LogP contribution in [-0.2, 0) is 23.6 Å². The summed E-state index contributed by atoms with van der Waals surface area (Å²) in [6.45, 7) is 0.238. The van der Waals surface area contributed by atoms with Crippen LogP contribution in [0.1, 0.15) is 5.56 Å². The van der Waals surface area contributed by atoms with E-state index in [1.807, 2.05) is 0 Å². The van der Waals surface area contributed by atoms with Crippen molar-refractivity contribution in [2.45, 2.75) is 11.4 Å². The van der Waals surface area contributed by atoms with Gasteiger partial charge in [0.1, 0.15) is 4.90 Å². The van der Waals surface area contributed by atoms with Gasteiger partial charge in [0.15, 0.2) is 0 Å². The first-order valence-electron chi connectivity index (χ1n) is 5.79. The Balaban J connectivity index is 2.32. The van der Waals surface area contributed by atoms with Gasteiger partial charge in [0, 0.05) is 36.9 Å². The van der Waals surface area contributed by atoms with E-state index in [1.165, 1.54) is 17.4 Å². The van der Waals surface area contributed by atoms with Crippen molar-refractivity contribution in [3.05, 3.63) is 40.6 Å². The number of sulfonamides is 1. The van der Waals surface area contributed by atoms with Crippen molar-refractivity contribution in [3.63, 3.8) is 0 Å². The Bertz CT molecular complexity index is 727. The summed E-state index contributed by atoms with van der Waals surface area (Å²) in [5.41, 5.74) is 6.81. The van der Waals surface area contributed by atoms with Gasteiger partial charge in [-0.2, -0.15) is 9.40 Å². The Labute approximate surface area is 126 Å². The van der Waals surface area contributed by atoms with E-state index in [0.717, 1.165) is 5.56 Å². The van der Waals surface area contributed by atoms with Crippen LogP contribution in [0.4, 0.5) is 5.69 Å². The van der Waals surface area contributed by atoms with E-state index in [1.54, 1.807) is 36.3 Å². The van der Waals surface area contributed by atoms with Crippen molar-refractivity contribution in [2.75, 3.05) is 12.8 Å². The van der Waals surface area contributed by atoms with Gasteiger partial charge in [0.05, 0.1) is 11.9 Å². The van der Waals surface area contributed by atoms with Gasteiger partial charge in [-0.25, -0.2) is 8.42 Å². The number of nitrogen functional groups attached to an aromatic ring is 1. The van der Waals surface area contributed by atoms with E-state index in [4.69, 9.17) is 5.73 Å². The first kappa shape index (κ1) is 15.0. The van der Waals surface area contributed by atoms with Gasteiger partial charge in [-0.05, 0) is 18.2 Å². The maximum absolute atomic E-state index is 12.5. The second kappa shape index (κ2) is 5.55. The van der Waals surface area contributed by atoms with Gasteiger partial charge in [-0.1, -0.05) is 15.9 Å². The molecule has 1 heterocycles. The topological polar surface area (TPSA) is 81.2 Å². The number of aromatic nitrogens is 2. The van der Waals surface area contributed by atoms with Crippen molar-refractivity contribution in [3.8, 4) is 0 Å². The zero-order valence-corrected chi connectivity index (χ0v) is 13.5. The zero-order chi connectivity index (χ0) is 14.9. The van der Waals surface area contributed by atoms with Crippen LogP contribution < -0.4 is 5.73 Å². The van der Waals surface area contributed by atoms with E-state index in [0.29, 0.717) is 4.47 Å². The quantitative estimate of drug-likeness (QED) is 0.841. The van der Waals surface area contributed by atoms with Crippen LogP contribution in [-0.4, -0.2) is 29.6 Å². The maximum atomic E-state index is 12.5. The summed E-state index contributed by atoms with van der Waals surface area (Å²) in [6.07, 6.45) is 3.41. The number of hydrogen-bond acceptors (Lipinski definition) is 4. The van der Waals surface area contributed by atoms with Crippen LogP contribution in [0.2, 0.25) is 0 Å². The van der Waals surface area contributed by atoms with Crippen molar-refractivity contribution in [1.82, 2.24) is 14.1 Å². The van der Waals surface area contributed by atoms with Crippen LogP contribution in [0.5, 0.6) is 0 Å². The number of nitrogens with two attached hydrogens (primary N) is 1. The summed E-state index contributed by atoms with van der Waals surface area (Å²) in [7, 11) is -0.341. The number of rotatable bonds is 4. The molecule has 108 valence electrons. The van der Waals surface area contributed by atoms with E-state index in [-0.39, 0.29) is 17.1 Å². The number of hydrogen-bond donors (Lipinski definition) is 1. The highest BCUT2D eigenvalue weighted by molar-refractivity contribution is 9.10. The molecule has 0 radical (unpaired) electrons. The molecule has 6 nitrogen and oxygen atoms in total. The SMILES string of the molecule is CN(Cc1cnn(C)c1)S(=O)(=O)c1cc(Br)ccc1N. The highest BCUT2D eigenvalue weighted by atomic mass is 79.9. The molecule has 0 saturated carbocycles. The smallest absolute Gasteiger partial charge is 0.245 e. The highest BCUT2D eigenvalue weighted by Gasteiger charge is 2.24. The van der Waals surface area contributed by atoms with E-state index in [2.05, 4.69) is 21.0 Å². The molecule has 20 heavy (non-hydrogen) atoms. The van der Waals surface area contributed by atoms with Gasteiger partial charge in [0.25, 0.3) is 0 Å². The summed E-state index contributed by atoms with van der Waals surface area (Å²) < 4.78 is 28.6. The summed E-state index contributed by atoms with van der Waals surface area (Å²) in [4.78, 5) is 0.0956. The maximum Gasteiger partial charge on any atom is 0.245 e. The minimum Gasteiger partial charge on any atom is -0.398 e. The third-order valence-electron chi connectivity index (χ3n) is 2.83. The summed E-state index contributed by atoms with van der Waals surface area (Å²) in [5, 5.41) is 4.02. The molecule has 0 fully saturated rings.